The van der Waals surface area contributed by atoms with Crippen molar-refractivity contribution in [3.8, 4) is 5.75 Å². The fourth-order valence-corrected chi connectivity index (χ4v) is 2.54. The van der Waals surface area contributed by atoms with Crippen LogP contribution in [0.4, 0.5) is 10.1 Å². The Morgan fingerprint density at radius 2 is 1.43 bits per heavy atom. The summed E-state index contributed by atoms with van der Waals surface area (Å²) in [4.78, 5) is 35.0. The second kappa shape index (κ2) is 7.79. The number of hydrogen-bond acceptors (Lipinski definition) is 5. The highest BCUT2D eigenvalue weighted by Crippen LogP contribution is 2.21. The van der Waals surface area contributed by atoms with Crippen molar-refractivity contribution in [2.45, 2.75) is 6.92 Å². The first kappa shape index (κ1) is 18.9. The van der Waals surface area contributed by atoms with Crippen LogP contribution in [-0.4, -0.2) is 16.7 Å². The third-order valence-corrected chi connectivity index (χ3v) is 4.07. The summed E-state index contributed by atoms with van der Waals surface area (Å²) < 4.78 is 18.2. The molecule has 0 N–H and O–H groups in total. The fraction of sp³-hybridized carbons (Fsp3) is 0.0476. The molecule has 0 aromatic heterocycles. The Bertz CT molecular complexity index is 1060. The average Bonchev–Trinajstić information content (AvgIpc) is 2.68. The molecule has 0 unspecified atom stereocenters. The SMILES string of the molecule is Cc1ccc(C(=O)Oc2ccc(C(=O)c3ccc(F)cc3)cc2)cc1[N+](=O)[O-]. The van der Waals surface area contributed by atoms with Crippen molar-refractivity contribution in [1.29, 1.82) is 0 Å². The molecule has 3 rings (SSSR count). The number of ether oxygens (including phenoxy) is 1. The zero-order valence-electron chi connectivity index (χ0n) is 14.7. The Morgan fingerprint density at radius 1 is 0.893 bits per heavy atom. The number of carbonyl (C=O) groups excluding carboxylic acids is 2. The fourth-order valence-electron chi connectivity index (χ4n) is 2.54. The van der Waals surface area contributed by atoms with E-state index < -0.39 is 16.7 Å². The third kappa shape index (κ3) is 4.09. The second-order valence-electron chi connectivity index (χ2n) is 6.01. The van der Waals surface area contributed by atoms with E-state index in [4.69, 9.17) is 4.74 Å². The molecule has 0 saturated heterocycles. The summed E-state index contributed by atoms with van der Waals surface area (Å²) in [5.74, 6) is -1.30. The Morgan fingerprint density at radius 3 is 2.00 bits per heavy atom. The van der Waals surface area contributed by atoms with Gasteiger partial charge in [0.2, 0.25) is 0 Å². The van der Waals surface area contributed by atoms with Crippen LogP contribution in [0.5, 0.6) is 5.75 Å². The Kier molecular flexibility index (Phi) is 5.26. The molecule has 28 heavy (non-hydrogen) atoms. The summed E-state index contributed by atoms with van der Waals surface area (Å²) in [5.41, 5.74) is 0.985. The molecule has 3 aromatic carbocycles. The Labute approximate surface area is 159 Å². The molecular weight excluding hydrogens is 365 g/mol. The van der Waals surface area contributed by atoms with E-state index in [1.165, 1.54) is 60.7 Å². The molecule has 0 aliphatic rings. The summed E-state index contributed by atoms with van der Waals surface area (Å²) >= 11 is 0. The summed E-state index contributed by atoms with van der Waals surface area (Å²) in [6.07, 6.45) is 0. The van der Waals surface area contributed by atoms with E-state index in [-0.39, 0.29) is 22.8 Å². The van der Waals surface area contributed by atoms with E-state index in [2.05, 4.69) is 0 Å². The van der Waals surface area contributed by atoms with Gasteiger partial charge in [0.15, 0.2) is 5.78 Å². The summed E-state index contributed by atoms with van der Waals surface area (Å²) in [6.45, 7) is 1.57. The van der Waals surface area contributed by atoms with Gasteiger partial charge in [-0.1, -0.05) is 6.07 Å². The zero-order valence-corrected chi connectivity index (χ0v) is 14.7. The van der Waals surface area contributed by atoms with Gasteiger partial charge in [0.1, 0.15) is 11.6 Å². The van der Waals surface area contributed by atoms with Crippen LogP contribution in [0.3, 0.4) is 0 Å². The predicted molar refractivity (Wildman–Crippen MR) is 99.1 cm³/mol. The molecule has 6 nitrogen and oxygen atoms in total. The molecule has 0 atom stereocenters. The molecule has 0 aliphatic heterocycles. The lowest BCUT2D eigenvalue weighted by atomic mass is 10.0. The highest BCUT2D eigenvalue weighted by molar-refractivity contribution is 6.09. The summed E-state index contributed by atoms with van der Waals surface area (Å²) in [7, 11) is 0. The van der Waals surface area contributed by atoms with Crippen molar-refractivity contribution in [3.05, 3.63) is 105 Å². The normalized spacial score (nSPS) is 10.4. The lowest BCUT2D eigenvalue weighted by molar-refractivity contribution is -0.385. The van der Waals surface area contributed by atoms with Crippen molar-refractivity contribution in [2.24, 2.45) is 0 Å². The second-order valence-corrected chi connectivity index (χ2v) is 6.01. The number of rotatable bonds is 5. The van der Waals surface area contributed by atoms with Crippen LogP contribution in [0.15, 0.2) is 66.7 Å². The number of esters is 1. The van der Waals surface area contributed by atoms with Gasteiger partial charge in [-0.2, -0.15) is 0 Å². The molecule has 0 bridgehead atoms. The van der Waals surface area contributed by atoms with E-state index in [0.717, 1.165) is 6.07 Å². The van der Waals surface area contributed by atoms with Gasteiger partial charge in [-0.15, -0.1) is 0 Å². The van der Waals surface area contributed by atoms with Crippen molar-refractivity contribution < 1.29 is 23.6 Å². The molecule has 7 heteroatoms. The molecule has 0 heterocycles. The van der Waals surface area contributed by atoms with Crippen molar-refractivity contribution in [2.75, 3.05) is 0 Å². The highest BCUT2D eigenvalue weighted by atomic mass is 19.1. The minimum absolute atomic E-state index is 0.0452. The van der Waals surface area contributed by atoms with Crippen LogP contribution < -0.4 is 4.74 Å². The van der Waals surface area contributed by atoms with E-state index in [9.17, 15) is 24.1 Å². The minimum atomic E-state index is -0.749. The van der Waals surface area contributed by atoms with Gasteiger partial charge < -0.3 is 4.74 Å². The number of nitro benzene ring substituents is 1. The van der Waals surface area contributed by atoms with Gasteiger partial charge in [-0.3, -0.25) is 14.9 Å². The Hall–Kier alpha value is -3.87. The molecule has 140 valence electrons. The first-order valence-electron chi connectivity index (χ1n) is 8.23. The average molecular weight is 379 g/mol. The smallest absolute Gasteiger partial charge is 0.343 e. The van der Waals surface area contributed by atoms with Crippen LogP contribution in [0.2, 0.25) is 0 Å². The standard InChI is InChI=1S/C21H14FNO5/c1-13-2-3-16(12-19(13)23(26)27)21(25)28-18-10-6-15(7-11-18)20(24)14-4-8-17(22)9-5-14/h2-12H,1H3. The maximum Gasteiger partial charge on any atom is 0.343 e. The third-order valence-electron chi connectivity index (χ3n) is 4.07. The van der Waals surface area contributed by atoms with Gasteiger partial charge in [-0.05, 0) is 61.5 Å². The number of nitro groups is 1. The van der Waals surface area contributed by atoms with Gasteiger partial charge in [0, 0.05) is 22.8 Å². The Balaban J connectivity index is 1.74. The largest absolute Gasteiger partial charge is 0.423 e. The van der Waals surface area contributed by atoms with Crippen molar-refractivity contribution >= 4 is 17.4 Å². The van der Waals surface area contributed by atoms with E-state index >= 15 is 0 Å². The molecule has 0 saturated carbocycles. The highest BCUT2D eigenvalue weighted by Gasteiger charge is 2.17. The van der Waals surface area contributed by atoms with E-state index in [0.29, 0.717) is 16.7 Å². The van der Waals surface area contributed by atoms with Crippen LogP contribution in [0, 0.1) is 22.9 Å². The van der Waals surface area contributed by atoms with Crippen LogP contribution >= 0.6 is 0 Å². The predicted octanol–water partition coefficient (Wildman–Crippen LogP) is 4.49. The van der Waals surface area contributed by atoms with Gasteiger partial charge in [0.25, 0.3) is 5.69 Å². The number of hydrogen-bond donors (Lipinski definition) is 0. The topological polar surface area (TPSA) is 86.5 Å². The lowest BCUT2D eigenvalue weighted by Gasteiger charge is -2.06. The maximum absolute atomic E-state index is 13.0. The van der Waals surface area contributed by atoms with Crippen molar-refractivity contribution in [1.82, 2.24) is 0 Å². The maximum atomic E-state index is 13.0. The lowest BCUT2D eigenvalue weighted by Crippen LogP contribution is -2.09. The number of nitrogens with zero attached hydrogens (tertiary/aromatic N) is 1. The number of ketones is 1. The van der Waals surface area contributed by atoms with Gasteiger partial charge in [0.05, 0.1) is 10.5 Å². The number of halogens is 1. The van der Waals surface area contributed by atoms with E-state index in [1.54, 1.807) is 6.92 Å². The number of aryl methyl sites for hydroxylation is 1. The molecule has 0 spiro atoms. The number of carbonyl (C=O) groups is 2. The molecule has 0 fully saturated rings. The molecule has 0 amide bonds. The number of benzene rings is 3. The zero-order chi connectivity index (χ0) is 20.3. The first-order valence-corrected chi connectivity index (χ1v) is 8.23. The van der Waals surface area contributed by atoms with Crippen molar-refractivity contribution in [3.63, 3.8) is 0 Å². The van der Waals surface area contributed by atoms with E-state index in [1.807, 2.05) is 0 Å². The monoisotopic (exact) mass is 379 g/mol. The summed E-state index contributed by atoms with van der Waals surface area (Å²) in [5, 5.41) is 11.0. The van der Waals surface area contributed by atoms with Gasteiger partial charge in [-0.25, -0.2) is 9.18 Å². The van der Waals surface area contributed by atoms with Crippen LogP contribution in [0.25, 0.3) is 0 Å². The molecule has 3 aromatic rings. The van der Waals surface area contributed by atoms with Crippen LogP contribution in [0.1, 0.15) is 31.8 Å². The summed E-state index contributed by atoms with van der Waals surface area (Å²) in [6, 6.07) is 15.1. The quantitative estimate of drug-likeness (QED) is 0.214. The molecular formula is C21H14FNO5. The van der Waals surface area contributed by atoms with Gasteiger partial charge >= 0.3 is 5.97 Å². The molecule has 0 radical (unpaired) electrons. The minimum Gasteiger partial charge on any atom is -0.423 e. The first-order chi connectivity index (χ1) is 13.3. The van der Waals surface area contributed by atoms with Crippen LogP contribution in [-0.2, 0) is 0 Å². The molecule has 0 aliphatic carbocycles.